The third-order valence-electron chi connectivity index (χ3n) is 3.58. The van der Waals surface area contributed by atoms with E-state index < -0.39 is 5.60 Å². The van der Waals surface area contributed by atoms with Crippen LogP contribution in [0.25, 0.3) is 0 Å². The summed E-state index contributed by atoms with van der Waals surface area (Å²) in [6.07, 6.45) is 2.28. The number of hydrogen-bond donors (Lipinski definition) is 0. The summed E-state index contributed by atoms with van der Waals surface area (Å²) >= 11 is 2.28. The first kappa shape index (κ1) is 14.2. The molecule has 1 aliphatic heterocycles. The highest BCUT2D eigenvalue weighted by atomic mass is 127. The zero-order valence-corrected chi connectivity index (χ0v) is 14.3. The lowest BCUT2D eigenvalue weighted by Gasteiger charge is -2.31. The Kier molecular flexibility index (Phi) is 3.46. The smallest absolute Gasteiger partial charge is 0.410 e. The molecule has 1 fully saturated rings. The van der Waals surface area contributed by atoms with Gasteiger partial charge in [-0.15, -0.1) is 0 Å². The first-order valence-corrected chi connectivity index (χ1v) is 8.16. The summed E-state index contributed by atoms with van der Waals surface area (Å²) in [5, 5.41) is 0. The molecular weight excluding hydrogens is 369 g/mol. The fourth-order valence-electron chi connectivity index (χ4n) is 2.49. The standard InChI is InChI=1S/C14H20IN3O2/c1-14(2,3)20-13(19)17-6-7-18-10(8-17)11(15)16-12(18)9-4-5-9/h9H,4-8H2,1-3H3. The van der Waals surface area contributed by atoms with Gasteiger partial charge in [0.15, 0.2) is 0 Å². The number of carbonyl (C=O) groups excluding carboxylic acids is 1. The third-order valence-corrected chi connectivity index (χ3v) is 4.45. The maximum absolute atomic E-state index is 12.2. The second-order valence-electron chi connectivity index (χ2n) is 6.54. The number of imidazole rings is 1. The van der Waals surface area contributed by atoms with Gasteiger partial charge in [-0.1, -0.05) is 0 Å². The Balaban J connectivity index is 1.77. The van der Waals surface area contributed by atoms with E-state index in [9.17, 15) is 4.79 Å². The Morgan fingerprint density at radius 3 is 2.65 bits per heavy atom. The monoisotopic (exact) mass is 389 g/mol. The van der Waals surface area contributed by atoms with Gasteiger partial charge in [0, 0.05) is 19.0 Å². The Labute approximate surface area is 132 Å². The van der Waals surface area contributed by atoms with Gasteiger partial charge in [-0.2, -0.15) is 0 Å². The van der Waals surface area contributed by atoms with Crippen molar-refractivity contribution in [3.63, 3.8) is 0 Å². The lowest BCUT2D eigenvalue weighted by atomic mass is 10.2. The van der Waals surface area contributed by atoms with E-state index in [4.69, 9.17) is 9.72 Å². The highest BCUT2D eigenvalue weighted by Gasteiger charge is 2.34. The predicted octanol–water partition coefficient (Wildman–Crippen LogP) is 3.12. The quantitative estimate of drug-likeness (QED) is 0.694. The summed E-state index contributed by atoms with van der Waals surface area (Å²) in [5.74, 6) is 1.86. The van der Waals surface area contributed by atoms with Crippen LogP contribution >= 0.6 is 22.6 Å². The van der Waals surface area contributed by atoms with Crippen molar-refractivity contribution in [2.24, 2.45) is 0 Å². The number of aromatic nitrogens is 2. The summed E-state index contributed by atoms with van der Waals surface area (Å²) in [4.78, 5) is 18.6. The summed E-state index contributed by atoms with van der Waals surface area (Å²) in [6, 6.07) is 0. The van der Waals surface area contributed by atoms with Crippen LogP contribution in [-0.4, -0.2) is 32.7 Å². The molecular formula is C14H20IN3O2. The summed E-state index contributed by atoms with van der Waals surface area (Å²) in [5.41, 5.74) is 0.714. The fourth-order valence-corrected chi connectivity index (χ4v) is 3.20. The molecule has 1 aromatic heterocycles. The SMILES string of the molecule is CC(C)(C)OC(=O)N1CCn2c(C3CC3)nc(I)c2C1. The summed E-state index contributed by atoms with van der Waals surface area (Å²) in [6.45, 7) is 7.83. The Morgan fingerprint density at radius 2 is 2.05 bits per heavy atom. The van der Waals surface area contributed by atoms with Crippen molar-refractivity contribution in [2.45, 2.75) is 58.2 Å². The van der Waals surface area contributed by atoms with Crippen LogP contribution < -0.4 is 0 Å². The van der Waals surface area contributed by atoms with Crippen molar-refractivity contribution in [2.75, 3.05) is 6.54 Å². The number of carbonyl (C=O) groups is 1. The van der Waals surface area contributed by atoms with Gasteiger partial charge >= 0.3 is 6.09 Å². The lowest BCUT2D eigenvalue weighted by molar-refractivity contribution is 0.0197. The van der Waals surface area contributed by atoms with Gasteiger partial charge < -0.3 is 14.2 Å². The van der Waals surface area contributed by atoms with Gasteiger partial charge in [-0.25, -0.2) is 9.78 Å². The van der Waals surface area contributed by atoms with E-state index in [1.54, 1.807) is 4.90 Å². The fraction of sp³-hybridized carbons (Fsp3) is 0.714. The number of ether oxygens (including phenoxy) is 1. The molecule has 0 unspecified atom stereocenters. The first-order chi connectivity index (χ1) is 9.35. The zero-order valence-electron chi connectivity index (χ0n) is 12.1. The van der Waals surface area contributed by atoms with Gasteiger partial charge in [0.05, 0.1) is 12.2 Å². The summed E-state index contributed by atoms with van der Waals surface area (Å²) in [7, 11) is 0. The minimum absolute atomic E-state index is 0.228. The zero-order chi connectivity index (χ0) is 14.5. The summed E-state index contributed by atoms with van der Waals surface area (Å²) < 4.78 is 8.79. The molecule has 0 radical (unpaired) electrons. The number of rotatable bonds is 1. The molecule has 0 atom stereocenters. The highest BCUT2D eigenvalue weighted by molar-refractivity contribution is 14.1. The highest BCUT2D eigenvalue weighted by Crippen LogP contribution is 2.41. The van der Waals surface area contributed by atoms with Gasteiger partial charge in [0.2, 0.25) is 0 Å². The van der Waals surface area contributed by atoms with E-state index in [2.05, 4.69) is 27.2 Å². The van der Waals surface area contributed by atoms with Crippen LogP contribution in [0.5, 0.6) is 0 Å². The Bertz CT molecular complexity index is 543. The van der Waals surface area contributed by atoms with Crippen molar-refractivity contribution in [1.82, 2.24) is 14.5 Å². The number of hydrogen-bond acceptors (Lipinski definition) is 3. The maximum Gasteiger partial charge on any atom is 0.410 e. The van der Waals surface area contributed by atoms with Crippen molar-refractivity contribution >= 4 is 28.7 Å². The molecule has 2 heterocycles. The largest absolute Gasteiger partial charge is 0.444 e. The second-order valence-corrected chi connectivity index (χ2v) is 7.56. The van der Waals surface area contributed by atoms with Crippen LogP contribution in [0.4, 0.5) is 4.79 Å². The van der Waals surface area contributed by atoms with E-state index in [1.165, 1.54) is 18.7 Å². The van der Waals surface area contributed by atoms with Crippen LogP contribution in [0, 0.1) is 3.70 Å². The predicted molar refractivity (Wildman–Crippen MR) is 83.6 cm³/mol. The van der Waals surface area contributed by atoms with Gasteiger partial charge in [0.1, 0.15) is 15.1 Å². The van der Waals surface area contributed by atoms with E-state index in [0.29, 0.717) is 19.0 Å². The molecule has 5 nitrogen and oxygen atoms in total. The molecule has 1 aliphatic carbocycles. The van der Waals surface area contributed by atoms with Crippen LogP contribution in [0.2, 0.25) is 0 Å². The molecule has 0 spiro atoms. The third kappa shape index (κ3) is 2.80. The normalized spacial score (nSPS) is 18.9. The van der Waals surface area contributed by atoms with E-state index >= 15 is 0 Å². The topological polar surface area (TPSA) is 47.4 Å². The molecule has 20 heavy (non-hydrogen) atoms. The number of nitrogens with zero attached hydrogens (tertiary/aromatic N) is 3. The average molecular weight is 389 g/mol. The van der Waals surface area contributed by atoms with Crippen molar-refractivity contribution in [1.29, 1.82) is 0 Å². The number of halogens is 1. The molecule has 1 amide bonds. The minimum atomic E-state index is -0.443. The molecule has 110 valence electrons. The molecule has 1 saturated carbocycles. The first-order valence-electron chi connectivity index (χ1n) is 7.08. The van der Waals surface area contributed by atoms with Crippen molar-refractivity contribution in [3.8, 4) is 0 Å². The molecule has 3 rings (SSSR count). The molecule has 6 heteroatoms. The molecule has 0 saturated heterocycles. The molecule has 0 bridgehead atoms. The van der Waals surface area contributed by atoms with Crippen LogP contribution in [0.1, 0.15) is 51.0 Å². The van der Waals surface area contributed by atoms with Crippen LogP contribution in [-0.2, 0) is 17.8 Å². The molecule has 2 aliphatic rings. The van der Waals surface area contributed by atoms with E-state index in [1.807, 2.05) is 20.8 Å². The van der Waals surface area contributed by atoms with Gasteiger partial charge in [-0.05, 0) is 56.2 Å². The molecule has 1 aromatic rings. The van der Waals surface area contributed by atoms with Gasteiger partial charge in [-0.3, -0.25) is 0 Å². The average Bonchev–Trinajstić information content (AvgIpc) is 3.13. The minimum Gasteiger partial charge on any atom is -0.444 e. The van der Waals surface area contributed by atoms with E-state index in [-0.39, 0.29) is 6.09 Å². The molecule has 0 N–H and O–H groups in total. The number of fused-ring (bicyclic) bond motifs is 1. The van der Waals surface area contributed by atoms with Crippen molar-refractivity contribution < 1.29 is 9.53 Å². The van der Waals surface area contributed by atoms with E-state index in [0.717, 1.165) is 15.9 Å². The Morgan fingerprint density at radius 1 is 1.35 bits per heavy atom. The maximum atomic E-state index is 12.2. The second kappa shape index (κ2) is 4.89. The lowest BCUT2D eigenvalue weighted by Crippen LogP contribution is -2.41. The van der Waals surface area contributed by atoms with Gasteiger partial charge in [0.25, 0.3) is 0 Å². The Hall–Kier alpha value is -0.790. The molecule has 0 aromatic carbocycles. The number of amides is 1. The van der Waals surface area contributed by atoms with Crippen LogP contribution in [0.15, 0.2) is 0 Å². The van der Waals surface area contributed by atoms with Crippen molar-refractivity contribution in [3.05, 3.63) is 15.2 Å². The van der Waals surface area contributed by atoms with Crippen LogP contribution in [0.3, 0.4) is 0 Å².